The number of rotatable bonds is 2. The molecule has 1 aromatic carbocycles. The Morgan fingerprint density at radius 3 is 2.70 bits per heavy atom. The molecule has 0 amide bonds. The van der Waals surface area contributed by atoms with Gasteiger partial charge in [-0.05, 0) is 25.0 Å². The van der Waals surface area contributed by atoms with Gasteiger partial charge in [-0.2, -0.15) is 20.2 Å². The number of benzene rings is 1. The topological polar surface area (TPSA) is 91.7 Å². The molecule has 1 saturated heterocycles. The molecule has 6 nitrogen and oxygen atoms in total. The van der Waals surface area contributed by atoms with Crippen LogP contribution in [0.1, 0.15) is 18.4 Å². The molecular weight excluding hydrogens is 252 g/mol. The molecular formula is C14H14N6. The monoisotopic (exact) mass is 266 g/mol. The molecule has 2 heterocycles. The van der Waals surface area contributed by atoms with Gasteiger partial charge in [-0.15, -0.1) is 0 Å². The molecule has 20 heavy (non-hydrogen) atoms. The van der Waals surface area contributed by atoms with E-state index in [2.05, 4.69) is 25.9 Å². The zero-order valence-corrected chi connectivity index (χ0v) is 11.0. The van der Waals surface area contributed by atoms with E-state index in [4.69, 9.17) is 11.0 Å². The lowest BCUT2D eigenvalue weighted by Crippen LogP contribution is -2.21. The van der Waals surface area contributed by atoms with E-state index >= 15 is 0 Å². The highest BCUT2D eigenvalue weighted by Crippen LogP contribution is 2.21. The van der Waals surface area contributed by atoms with E-state index in [-0.39, 0.29) is 5.95 Å². The summed E-state index contributed by atoms with van der Waals surface area (Å²) in [6.07, 6.45) is 2.29. The normalized spacial score (nSPS) is 14.2. The number of hydrogen-bond donors (Lipinski definition) is 1. The van der Waals surface area contributed by atoms with Gasteiger partial charge in [0.2, 0.25) is 11.9 Å². The summed E-state index contributed by atoms with van der Waals surface area (Å²) in [5.74, 6) is 1.34. The molecule has 100 valence electrons. The van der Waals surface area contributed by atoms with Crippen molar-refractivity contribution in [1.29, 1.82) is 5.26 Å². The zero-order chi connectivity index (χ0) is 13.9. The Labute approximate surface area is 116 Å². The predicted molar refractivity (Wildman–Crippen MR) is 75.8 cm³/mol. The second-order valence-electron chi connectivity index (χ2n) is 4.70. The average molecular weight is 266 g/mol. The first-order valence-electron chi connectivity index (χ1n) is 6.53. The van der Waals surface area contributed by atoms with Crippen LogP contribution in [0.15, 0.2) is 24.3 Å². The zero-order valence-electron chi connectivity index (χ0n) is 11.0. The van der Waals surface area contributed by atoms with Crippen LogP contribution in [-0.4, -0.2) is 28.0 Å². The molecule has 1 aliphatic rings. The molecule has 0 saturated carbocycles. The highest BCUT2D eigenvalue weighted by Gasteiger charge is 2.17. The van der Waals surface area contributed by atoms with Crippen LogP contribution < -0.4 is 10.6 Å². The fourth-order valence-electron chi connectivity index (χ4n) is 2.30. The standard InChI is InChI=1S/C14H14N6/c15-9-10-4-3-5-11(8-10)12-17-13(16)19-14(18-12)20-6-1-2-7-20/h3-5,8H,1-2,6-7H2,(H2,16,17,18,19). The van der Waals surface area contributed by atoms with E-state index in [0.717, 1.165) is 31.5 Å². The summed E-state index contributed by atoms with van der Waals surface area (Å²) >= 11 is 0. The van der Waals surface area contributed by atoms with Crippen LogP contribution in [0.3, 0.4) is 0 Å². The van der Waals surface area contributed by atoms with Gasteiger partial charge in [-0.25, -0.2) is 0 Å². The van der Waals surface area contributed by atoms with E-state index < -0.39 is 0 Å². The lowest BCUT2D eigenvalue weighted by molar-refractivity contribution is 0.887. The lowest BCUT2D eigenvalue weighted by Gasteiger charge is -2.15. The number of aromatic nitrogens is 3. The molecule has 0 spiro atoms. The van der Waals surface area contributed by atoms with Gasteiger partial charge >= 0.3 is 0 Å². The minimum Gasteiger partial charge on any atom is -0.368 e. The second-order valence-corrected chi connectivity index (χ2v) is 4.70. The maximum atomic E-state index is 8.95. The Kier molecular flexibility index (Phi) is 3.17. The summed E-state index contributed by atoms with van der Waals surface area (Å²) in [6.45, 7) is 1.89. The highest BCUT2D eigenvalue weighted by molar-refractivity contribution is 5.60. The van der Waals surface area contributed by atoms with E-state index in [1.807, 2.05) is 12.1 Å². The predicted octanol–water partition coefficient (Wildman–Crippen LogP) is 1.59. The quantitative estimate of drug-likeness (QED) is 0.887. The van der Waals surface area contributed by atoms with Crippen molar-refractivity contribution in [2.75, 3.05) is 23.7 Å². The minimum absolute atomic E-state index is 0.208. The van der Waals surface area contributed by atoms with Crippen LogP contribution in [0.2, 0.25) is 0 Å². The van der Waals surface area contributed by atoms with E-state index in [9.17, 15) is 0 Å². The highest BCUT2D eigenvalue weighted by atomic mass is 15.3. The largest absolute Gasteiger partial charge is 0.368 e. The van der Waals surface area contributed by atoms with Crippen LogP contribution in [0.25, 0.3) is 11.4 Å². The van der Waals surface area contributed by atoms with E-state index in [1.165, 1.54) is 0 Å². The summed E-state index contributed by atoms with van der Waals surface area (Å²) in [5, 5.41) is 8.95. The van der Waals surface area contributed by atoms with Gasteiger partial charge < -0.3 is 10.6 Å². The fourth-order valence-corrected chi connectivity index (χ4v) is 2.30. The Hall–Kier alpha value is -2.68. The first-order chi connectivity index (χ1) is 9.76. The van der Waals surface area contributed by atoms with Gasteiger partial charge in [0, 0.05) is 18.7 Å². The Morgan fingerprint density at radius 1 is 1.15 bits per heavy atom. The van der Waals surface area contributed by atoms with Gasteiger partial charge in [-0.3, -0.25) is 0 Å². The molecule has 0 bridgehead atoms. The molecule has 0 atom stereocenters. The maximum absolute atomic E-state index is 8.95. The van der Waals surface area contributed by atoms with Gasteiger partial charge in [0.15, 0.2) is 5.82 Å². The molecule has 3 rings (SSSR count). The summed E-state index contributed by atoms with van der Waals surface area (Å²) in [5.41, 5.74) is 7.13. The molecule has 0 aliphatic carbocycles. The van der Waals surface area contributed by atoms with Crippen LogP contribution in [-0.2, 0) is 0 Å². The van der Waals surface area contributed by atoms with Crippen molar-refractivity contribution in [2.24, 2.45) is 0 Å². The molecule has 1 fully saturated rings. The fraction of sp³-hybridized carbons (Fsp3) is 0.286. The molecule has 1 aliphatic heterocycles. The number of anilines is 2. The molecule has 6 heteroatoms. The second kappa shape index (κ2) is 5.13. The Balaban J connectivity index is 2.02. The molecule has 0 radical (unpaired) electrons. The first kappa shape index (κ1) is 12.4. The number of nitriles is 1. The smallest absolute Gasteiger partial charge is 0.230 e. The third kappa shape index (κ3) is 2.38. The van der Waals surface area contributed by atoms with Gasteiger partial charge in [-0.1, -0.05) is 12.1 Å². The Morgan fingerprint density at radius 2 is 1.95 bits per heavy atom. The van der Waals surface area contributed by atoms with Gasteiger partial charge in [0.05, 0.1) is 11.6 Å². The van der Waals surface area contributed by atoms with Crippen molar-refractivity contribution < 1.29 is 0 Å². The van der Waals surface area contributed by atoms with Crippen LogP contribution >= 0.6 is 0 Å². The van der Waals surface area contributed by atoms with Crippen molar-refractivity contribution in [3.63, 3.8) is 0 Å². The third-order valence-corrected chi connectivity index (χ3v) is 3.28. The van der Waals surface area contributed by atoms with Crippen LogP contribution in [0, 0.1) is 11.3 Å². The Bertz CT molecular complexity index is 670. The van der Waals surface area contributed by atoms with Gasteiger partial charge in [0.1, 0.15) is 0 Å². The van der Waals surface area contributed by atoms with Crippen molar-refractivity contribution in [2.45, 2.75) is 12.8 Å². The van der Waals surface area contributed by atoms with E-state index in [0.29, 0.717) is 17.3 Å². The van der Waals surface area contributed by atoms with Crippen molar-refractivity contribution in [3.8, 4) is 17.5 Å². The van der Waals surface area contributed by atoms with Crippen molar-refractivity contribution >= 4 is 11.9 Å². The number of nitrogen functional groups attached to an aromatic ring is 1. The van der Waals surface area contributed by atoms with E-state index in [1.54, 1.807) is 12.1 Å². The van der Waals surface area contributed by atoms with Gasteiger partial charge in [0.25, 0.3) is 0 Å². The van der Waals surface area contributed by atoms with Crippen molar-refractivity contribution in [1.82, 2.24) is 15.0 Å². The first-order valence-corrected chi connectivity index (χ1v) is 6.53. The van der Waals surface area contributed by atoms with Crippen LogP contribution in [0.4, 0.5) is 11.9 Å². The summed E-state index contributed by atoms with van der Waals surface area (Å²) in [7, 11) is 0. The summed E-state index contributed by atoms with van der Waals surface area (Å²) in [4.78, 5) is 15.0. The van der Waals surface area contributed by atoms with Crippen molar-refractivity contribution in [3.05, 3.63) is 29.8 Å². The number of nitrogens with zero attached hydrogens (tertiary/aromatic N) is 5. The molecule has 1 aromatic heterocycles. The minimum atomic E-state index is 0.208. The molecule has 2 N–H and O–H groups in total. The third-order valence-electron chi connectivity index (χ3n) is 3.28. The van der Waals surface area contributed by atoms with Crippen LogP contribution in [0.5, 0.6) is 0 Å². The molecule has 2 aromatic rings. The number of hydrogen-bond acceptors (Lipinski definition) is 6. The summed E-state index contributed by atoms with van der Waals surface area (Å²) in [6, 6.07) is 9.28. The molecule has 0 unspecified atom stereocenters. The summed E-state index contributed by atoms with van der Waals surface area (Å²) < 4.78 is 0. The lowest BCUT2D eigenvalue weighted by atomic mass is 10.1. The number of nitrogens with two attached hydrogens (primary N) is 1. The maximum Gasteiger partial charge on any atom is 0.230 e. The SMILES string of the molecule is N#Cc1cccc(-c2nc(N)nc(N3CCCC3)n2)c1. The average Bonchev–Trinajstić information content (AvgIpc) is 3.01.